The zero-order valence-corrected chi connectivity index (χ0v) is 26.5. The Morgan fingerprint density at radius 2 is 1.80 bits per heavy atom. The second-order valence-electron chi connectivity index (χ2n) is 12.5. The molecule has 0 radical (unpaired) electrons. The van der Waals surface area contributed by atoms with Crippen molar-refractivity contribution in [1.82, 2.24) is 15.1 Å². The first-order valence-corrected chi connectivity index (χ1v) is 16.5. The van der Waals surface area contributed by atoms with Crippen LogP contribution in [0.5, 0.6) is 0 Å². The number of ether oxygens (including phenoxy) is 2. The van der Waals surface area contributed by atoms with Gasteiger partial charge in [0.2, 0.25) is 5.91 Å². The van der Waals surface area contributed by atoms with E-state index in [9.17, 15) is 14.4 Å². The molecular formula is C36H43N5O5. The Balaban J connectivity index is 0.944. The lowest BCUT2D eigenvalue weighted by Gasteiger charge is -2.31. The Labute approximate surface area is 271 Å². The van der Waals surface area contributed by atoms with Gasteiger partial charge in [0.05, 0.1) is 29.6 Å². The molecular weight excluding hydrogens is 582 g/mol. The van der Waals surface area contributed by atoms with Crippen LogP contribution in [0.3, 0.4) is 0 Å². The fraction of sp³-hybridized carbons (Fsp3) is 0.472. The van der Waals surface area contributed by atoms with Crippen LogP contribution >= 0.6 is 0 Å². The molecule has 2 aromatic rings. The maximum absolute atomic E-state index is 13.5. The number of hydrogen-bond donors (Lipinski definition) is 2. The first kappa shape index (κ1) is 31.3. The number of amides is 4. The smallest absolute Gasteiger partial charge is 0.410 e. The lowest BCUT2D eigenvalue weighted by molar-refractivity contribution is -0.136. The molecule has 2 heterocycles. The van der Waals surface area contributed by atoms with Crippen LogP contribution < -0.4 is 15.5 Å². The van der Waals surface area contributed by atoms with Crippen molar-refractivity contribution in [2.24, 2.45) is 0 Å². The van der Waals surface area contributed by atoms with Crippen molar-refractivity contribution in [2.75, 3.05) is 36.9 Å². The summed E-state index contributed by atoms with van der Waals surface area (Å²) >= 11 is 0. The largest absolute Gasteiger partial charge is 0.491 e. The summed E-state index contributed by atoms with van der Waals surface area (Å²) in [7, 11) is 1.82. The molecule has 2 N–H and O–H groups in total. The molecule has 0 spiro atoms. The van der Waals surface area contributed by atoms with Gasteiger partial charge in [0.15, 0.2) is 0 Å². The van der Waals surface area contributed by atoms with Crippen LogP contribution in [0.2, 0.25) is 0 Å². The van der Waals surface area contributed by atoms with Crippen LogP contribution in [0.15, 0.2) is 66.5 Å². The van der Waals surface area contributed by atoms with Crippen LogP contribution in [0, 0.1) is 12.1 Å². The van der Waals surface area contributed by atoms with E-state index in [1.165, 1.54) is 12.8 Å². The zero-order valence-electron chi connectivity index (χ0n) is 26.5. The van der Waals surface area contributed by atoms with E-state index >= 15 is 0 Å². The Bertz CT molecular complexity index is 1420. The summed E-state index contributed by atoms with van der Waals surface area (Å²) in [6, 6.07) is 18.6. The molecule has 0 aromatic heterocycles. The summed E-state index contributed by atoms with van der Waals surface area (Å²) in [5, 5.41) is 5.82. The number of benzene rings is 1. The maximum Gasteiger partial charge on any atom is 0.410 e. The number of likely N-dealkylation sites (N-methyl/N-ethyl adjacent to an activating group) is 1. The average Bonchev–Trinajstić information content (AvgIpc) is 3.88. The van der Waals surface area contributed by atoms with Gasteiger partial charge in [0, 0.05) is 26.7 Å². The third-order valence-corrected chi connectivity index (χ3v) is 9.35. The highest BCUT2D eigenvalue weighted by Gasteiger charge is 2.39. The Kier molecular flexibility index (Phi) is 9.97. The van der Waals surface area contributed by atoms with E-state index in [-0.39, 0.29) is 30.6 Å². The first-order chi connectivity index (χ1) is 22.4. The Morgan fingerprint density at radius 3 is 2.54 bits per heavy atom. The number of carbonyl (C=O) groups excluding carboxylic acids is 3. The van der Waals surface area contributed by atoms with Gasteiger partial charge in [0.25, 0.3) is 0 Å². The van der Waals surface area contributed by atoms with E-state index < -0.39 is 12.1 Å². The van der Waals surface area contributed by atoms with Gasteiger partial charge in [-0.3, -0.25) is 9.69 Å². The third kappa shape index (κ3) is 7.76. The number of nitrogens with zero attached hydrogens (tertiary/aromatic N) is 3. The van der Waals surface area contributed by atoms with E-state index in [0.29, 0.717) is 37.7 Å². The van der Waals surface area contributed by atoms with Gasteiger partial charge in [-0.2, -0.15) is 0 Å². The summed E-state index contributed by atoms with van der Waals surface area (Å²) in [4.78, 5) is 44.5. The minimum atomic E-state index is -0.508. The van der Waals surface area contributed by atoms with E-state index in [1.54, 1.807) is 9.80 Å². The molecule has 0 bridgehead atoms. The SMILES string of the molecule is CN(C(=O)[C@@H]1CCCN1C(=O)OCc1ccccc1)C1CCN(c2c#cc(NC(=O)NC3C=CC(OC4CCCC4)=CC3)cc2)C1. The van der Waals surface area contributed by atoms with Gasteiger partial charge in [-0.15, -0.1) is 0 Å². The molecule has 10 heteroatoms. The number of hydrogen-bond acceptors (Lipinski definition) is 6. The minimum Gasteiger partial charge on any atom is -0.491 e. The molecule has 242 valence electrons. The van der Waals surface area contributed by atoms with Gasteiger partial charge in [-0.25, -0.2) is 9.59 Å². The first-order valence-electron chi connectivity index (χ1n) is 16.5. The van der Waals surface area contributed by atoms with Gasteiger partial charge < -0.3 is 29.9 Å². The van der Waals surface area contributed by atoms with Crippen LogP contribution in [-0.2, 0) is 20.9 Å². The van der Waals surface area contributed by atoms with Crippen LogP contribution in [-0.4, -0.2) is 78.7 Å². The minimum absolute atomic E-state index is 0.00828. The molecule has 4 amide bonds. The van der Waals surface area contributed by atoms with Crippen LogP contribution in [0.25, 0.3) is 0 Å². The third-order valence-electron chi connectivity index (χ3n) is 9.35. The summed E-state index contributed by atoms with van der Waals surface area (Å²) in [5.41, 5.74) is 2.30. The fourth-order valence-corrected chi connectivity index (χ4v) is 6.69. The molecule has 4 aliphatic rings. The highest BCUT2D eigenvalue weighted by molar-refractivity contribution is 5.89. The summed E-state index contributed by atoms with van der Waals surface area (Å²) < 4.78 is 11.6. The molecule has 1 saturated carbocycles. The molecule has 46 heavy (non-hydrogen) atoms. The molecule has 2 unspecified atom stereocenters. The van der Waals surface area contributed by atoms with E-state index in [0.717, 1.165) is 49.2 Å². The van der Waals surface area contributed by atoms with Gasteiger partial charge in [-0.05, 0) is 93.3 Å². The maximum atomic E-state index is 13.5. The predicted octanol–water partition coefficient (Wildman–Crippen LogP) is 5.42. The van der Waals surface area contributed by atoms with E-state index in [2.05, 4.69) is 27.7 Å². The topological polar surface area (TPSA) is 103 Å². The summed E-state index contributed by atoms with van der Waals surface area (Å²) in [5.74, 6) is 0.839. The Hall–Kier alpha value is -4.65. The molecule has 2 saturated heterocycles. The average molecular weight is 626 g/mol. The standard InChI is InChI=1S/C36H43N5O5/c1-39(34(42)33-12-7-22-41(33)36(44)45-25-26-8-3-2-4-9-26)30-21-23-40(24-30)29-17-13-27(14-18-29)37-35(43)38-28-15-19-32(20-16-28)46-31-10-5-6-11-31/h2-4,8-9,13,15,17,19-20,28,30-31,33H,5-7,10-12,16,21-25H2,1H3,(H2,37,38,43)/t28?,30?,33-/m0/s1. The molecule has 10 nitrogen and oxygen atoms in total. The van der Waals surface area contributed by atoms with Crippen LogP contribution in [0.4, 0.5) is 21.0 Å². The fourth-order valence-electron chi connectivity index (χ4n) is 6.69. The summed E-state index contributed by atoms with van der Waals surface area (Å²) in [6.07, 6.45) is 13.4. The second kappa shape index (κ2) is 14.6. The van der Waals surface area contributed by atoms with Crippen molar-refractivity contribution in [3.8, 4) is 0 Å². The van der Waals surface area contributed by atoms with Crippen molar-refractivity contribution < 1.29 is 23.9 Å². The number of urea groups is 1. The number of allylic oxidation sites excluding steroid dienone is 1. The lowest BCUT2D eigenvalue weighted by atomic mass is 10.1. The molecule has 2 aliphatic carbocycles. The quantitative estimate of drug-likeness (QED) is 0.386. The molecule has 2 aliphatic heterocycles. The van der Waals surface area contributed by atoms with Gasteiger partial charge in [-0.1, -0.05) is 36.4 Å². The number of rotatable bonds is 9. The monoisotopic (exact) mass is 625 g/mol. The number of nitrogens with one attached hydrogen (secondary N) is 2. The van der Waals surface area contributed by atoms with Gasteiger partial charge >= 0.3 is 12.1 Å². The van der Waals surface area contributed by atoms with Crippen molar-refractivity contribution in [3.63, 3.8) is 0 Å². The normalized spacial score (nSPS) is 22.6. The molecule has 2 aromatic carbocycles. The molecule has 3 atom stereocenters. The van der Waals surface area contributed by atoms with Crippen molar-refractivity contribution >= 4 is 29.4 Å². The predicted molar refractivity (Wildman–Crippen MR) is 175 cm³/mol. The highest BCUT2D eigenvalue weighted by atomic mass is 16.6. The number of carbonyl (C=O) groups is 3. The van der Waals surface area contributed by atoms with Crippen molar-refractivity contribution in [1.29, 1.82) is 0 Å². The lowest BCUT2D eigenvalue weighted by Crippen LogP contribution is -2.50. The highest BCUT2D eigenvalue weighted by Crippen LogP contribution is 2.27. The van der Waals surface area contributed by atoms with Gasteiger partial charge in [0.1, 0.15) is 18.4 Å². The summed E-state index contributed by atoms with van der Waals surface area (Å²) in [6.45, 7) is 2.12. The van der Waals surface area contributed by atoms with Crippen molar-refractivity contribution in [3.05, 3.63) is 84.1 Å². The Morgan fingerprint density at radius 1 is 0.978 bits per heavy atom. The van der Waals surface area contributed by atoms with E-state index in [4.69, 9.17) is 9.47 Å². The van der Waals surface area contributed by atoms with Crippen LogP contribution in [0.1, 0.15) is 56.9 Å². The van der Waals surface area contributed by atoms with E-state index in [1.807, 2.05) is 67.7 Å². The van der Waals surface area contributed by atoms with Crippen molar-refractivity contribution in [2.45, 2.75) is 82.2 Å². The molecule has 6 rings (SSSR count). The number of likely N-dealkylation sites (tertiary alicyclic amines) is 1. The second-order valence-corrected chi connectivity index (χ2v) is 12.5. The number of anilines is 2. The molecule has 3 fully saturated rings. The zero-order chi connectivity index (χ0) is 31.9.